The van der Waals surface area contributed by atoms with Crippen molar-refractivity contribution >= 4 is 5.91 Å². The third kappa shape index (κ3) is 3.53. The highest BCUT2D eigenvalue weighted by molar-refractivity contribution is 5.76. The summed E-state index contributed by atoms with van der Waals surface area (Å²) in [6, 6.07) is 4.89. The van der Waals surface area contributed by atoms with E-state index in [0.717, 1.165) is 18.6 Å². The number of rotatable bonds is 4. The number of carbonyl (C=O) groups excluding carboxylic acids is 1. The second-order valence-electron chi connectivity index (χ2n) is 4.79. The maximum Gasteiger partial charge on any atom is 0.220 e. The maximum atomic E-state index is 13.1. The molecule has 1 amide bonds. The monoisotopic (exact) mass is 251 g/mol. The molecule has 0 unspecified atom stereocenters. The summed E-state index contributed by atoms with van der Waals surface area (Å²) >= 11 is 0. The Morgan fingerprint density at radius 2 is 2.39 bits per heavy atom. The van der Waals surface area contributed by atoms with E-state index < -0.39 is 0 Å². The van der Waals surface area contributed by atoms with Gasteiger partial charge in [-0.3, -0.25) is 4.79 Å². The van der Waals surface area contributed by atoms with E-state index in [1.807, 2.05) is 0 Å². The minimum Gasteiger partial charge on any atom is -0.381 e. The lowest BCUT2D eigenvalue weighted by atomic mass is 10.0. The molecule has 1 aromatic rings. The average molecular weight is 251 g/mol. The molecule has 1 saturated heterocycles. The molecular weight excluding hydrogens is 233 g/mol. The van der Waals surface area contributed by atoms with Crippen LogP contribution < -0.4 is 5.32 Å². The number of aryl methyl sites for hydroxylation is 1. The fourth-order valence-corrected chi connectivity index (χ4v) is 2.10. The lowest BCUT2D eigenvalue weighted by Crippen LogP contribution is -2.25. The second kappa shape index (κ2) is 5.96. The normalized spacial score (nSPS) is 18.9. The molecule has 2 rings (SSSR count). The van der Waals surface area contributed by atoms with Crippen LogP contribution in [0, 0.1) is 18.7 Å². The lowest BCUT2D eigenvalue weighted by molar-refractivity contribution is -0.122. The topological polar surface area (TPSA) is 38.3 Å². The van der Waals surface area contributed by atoms with Crippen molar-refractivity contribution < 1.29 is 13.9 Å². The van der Waals surface area contributed by atoms with E-state index >= 15 is 0 Å². The van der Waals surface area contributed by atoms with Crippen LogP contribution in [0.2, 0.25) is 0 Å². The molecule has 1 fully saturated rings. The molecule has 0 saturated carbocycles. The van der Waals surface area contributed by atoms with Gasteiger partial charge in [0.1, 0.15) is 5.82 Å². The number of nitrogens with one attached hydrogen (secondary N) is 1. The van der Waals surface area contributed by atoms with Crippen molar-refractivity contribution in [2.24, 2.45) is 5.92 Å². The minimum absolute atomic E-state index is 0.0347. The fourth-order valence-electron chi connectivity index (χ4n) is 2.10. The van der Waals surface area contributed by atoms with Crippen LogP contribution in [0.3, 0.4) is 0 Å². The quantitative estimate of drug-likeness (QED) is 0.890. The molecular formula is C14H18FNO2. The van der Waals surface area contributed by atoms with Crippen LogP contribution in [-0.2, 0) is 16.1 Å². The molecule has 1 heterocycles. The number of hydrogen-bond donors (Lipinski definition) is 1. The largest absolute Gasteiger partial charge is 0.381 e. The highest BCUT2D eigenvalue weighted by atomic mass is 19.1. The van der Waals surface area contributed by atoms with Gasteiger partial charge in [-0.1, -0.05) is 12.1 Å². The van der Waals surface area contributed by atoms with Gasteiger partial charge in [0.05, 0.1) is 0 Å². The zero-order chi connectivity index (χ0) is 13.0. The first-order chi connectivity index (χ1) is 8.65. The predicted octanol–water partition coefficient (Wildman–Crippen LogP) is 2.18. The summed E-state index contributed by atoms with van der Waals surface area (Å²) in [5.74, 6) is 0.167. The highest BCUT2D eigenvalue weighted by Gasteiger charge is 2.18. The summed E-state index contributed by atoms with van der Waals surface area (Å²) in [4.78, 5) is 11.7. The van der Waals surface area contributed by atoms with Gasteiger partial charge in [0.25, 0.3) is 0 Å². The van der Waals surface area contributed by atoms with E-state index in [4.69, 9.17) is 4.74 Å². The van der Waals surface area contributed by atoms with E-state index in [1.165, 1.54) is 6.07 Å². The molecule has 0 bridgehead atoms. The molecule has 1 atom stereocenters. The van der Waals surface area contributed by atoms with Crippen LogP contribution in [0.25, 0.3) is 0 Å². The molecule has 1 aliphatic rings. The van der Waals surface area contributed by atoms with Gasteiger partial charge in [0.2, 0.25) is 5.91 Å². The number of hydrogen-bond acceptors (Lipinski definition) is 2. The van der Waals surface area contributed by atoms with Gasteiger partial charge in [0, 0.05) is 26.2 Å². The summed E-state index contributed by atoms with van der Waals surface area (Å²) in [5, 5.41) is 2.86. The number of halogens is 1. The third-order valence-corrected chi connectivity index (χ3v) is 3.21. The smallest absolute Gasteiger partial charge is 0.220 e. The Labute approximate surface area is 106 Å². The zero-order valence-corrected chi connectivity index (χ0v) is 10.5. The molecule has 18 heavy (non-hydrogen) atoms. The first-order valence-corrected chi connectivity index (χ1v) is 6.24. The van der Waals surface area contributed by atoms with Crippen LogP contribution in [-0.4, -0.2) is 19.1 Å². The highest BCUT2D eigenvalue weighted by Crippen LogP contribution is 2.16. The number of carbonyl (C=O) groups is 1. The van der Waals surface area contributed by atoms with Crippen LogP contribution in [0.5, 0.6) is 0 Å². The van der Waals surface area contributed by atoms with Gasteiger partial charge in [-0.25, -0.2) is 4.39 Å². The standard InChI is InChI=1S/C14H18FNO2/c1-10-6-11(2-3-13(10)15)8-16-14(17)7-12-4-5-18-9-12/h2-3,6,12H,4-5,7-9H2,1H3,(H,16,17)/t12-/m0/s1. The van der Waals surface area contributed by atoms with E-state index in [9.17, 15) is 9.18 Å². The van der Waals surface area contributed by atoms with Crippen molar-refractivity contribution in [3.05, 3.63) is 35.1 Å². The molecule has 3 nitrogen and oxygen atoms in total. The maximum absolute atomic E-state index is 13.1. The van der Waals surface area contributed by atoms with Crippen molar-refractivity contribution in [2.75, 3.05) is 13.2 Å². The summed E-state index contributed by atoms with van der Waals surface area (Å²) in [6.45, 7) is 3.61. The third-order valence-electron chi connectivity index (χ3n) is 3.21. The summed E-state index contributed by atoms with van der Waals surface area (Å²) in [6.07, 6.45) is 1.48. The molecule has 1 aromatic carbocycles. The van der Waals surface area contributed by atoms with E-state index in [-0.39, 0.29) is 11.7 Å². The van der Waals surface area contributed by atoms with Crippen molar-refractivity contribution in [3.63, 3.8) is 0 Å². The Kier molecular flexibility index (Phi) is 4.31. The SMILES string of the molecule is Cc1cc(CNC(=O)C[C@@H]2CCOC2)ccc1F. The average Bonchev–Trinajstić information content (AvgIpc) is 2.83. The second-order valence-corrected chi connectivity index (χ2v) is 4.79. The lowest BCUT2D eigenvalue weighted by Gasteiger charge is -2.09. The van der Waals surface area contributed by atoms with Gasteiger partial charge >= 0.3 is 0 Å². The first-order valence-electron chi connectivity index (χ1n) is 6.24. The van der Waals surface area contributed by atoms with Crippen LogP contribution in [0.1, 0.15) is 24.0 Å². The van der Waals surface area contributed by atoms with Crippen molar-refractivity contribution in [1.29, 1.82) is 0 Å². The van der Waals surface area contributed by atoms with Gasteiger partial charge in [0.15, 0.2) is 0 Å². The van der Waals surface area contributed by atoms with Gasteiger partial charge in [-0.2, -0.15) is 0 Å². The van der Waals surface area contributed by atoms with Crippen LogP contribution in [0.15, 0.2) is 18.2 Å². The summed E-state index contributed by atoms with van der Waals surface area (Å²) in [5.41, 5.74) is 1.52. The van der Waals surface area contributed by atoms with Crippen LogP contribution in [0.4, 0.5) is 4.39 Å². The molecule has 4 heteroatoms. The predicted molar refractivity (Wildman–Crippen MR) is 66.5 cm³/mol. The van der Waals surface area contributed by atoms with Gasteiger partial charge in [-0.05, 0) is 36.5 Å². The van der Waals surface area contributed by atoms with Crippen molar-refractivity contribution in [2.45, 2.75) is 26.3 Å². The molecule has 1 N–H and O–H groups in total. The minimum atomic E-state index is -0.215. The number of benzene rings is 1. The Morgan fingerprint density at radius 3 is 3.06 bits per heavy atom. The number of amides is 1. The van der Waals surface area contributed by atoms with E-state index in [0.29, 0.717) is 31.1 Å². The molecule has 0 aromatic heterocycles. The summed E-state index contributed by atoms with van der Waals surface area (Å²) in [7, 11) is 0. The van der Waals surface area contributed by atoms with Gasteiger partial charge in [-0.15, -0.1) is 0 Å². The molecule has 1 aliphatic heterocycles. The Morgan fingerprint density at radius 1 is 1.56 bits per heavy atom. The summed E-state index contributed by atoms with van der Waals surface area (Å²) < 4.78 is 18.3. The molecule has 98 valence electrons. The Bertz CT molecular complexity index is 428. The Balaban J connectivity index is 1.79. The zero-order valence-electron chi connectivity index (χ0n) is 10.5. The number of ether oxygens (including phenoxy) is 1. The van der Waals surface area contributed by atoms with Crippen molar-refractivity contribution in [1.82, 2.24) is 5.32 Å². The van der Waals surface area contributed by atoms with E-state index in [1.54, 1.807) is 19.1 Å². The van der Waals surface area contributed by atoms with Crippen molar-refractivity contribution in [3.8, 4) is 0 Å². The van der Waals surface area contributed by atoms with Gasteiger partial charge < -0.3 is 10.1 Å². The molecule has 0 radical (unpaired) electrons. The van der Waals surface area contributed by atoms with Crippen LogP contribution >= 0.6 is 0 Å². The fraction of sp³-hybridized carbons (Fsp3) is 0.500. The first kappa shape index (κ1) is 13.0. The molecule has 0 aliphatic carbocycles. The molecule has 0 spiro atoms. The van der Waals surface area contributed by atoms with E-state index in [2.05, 4.69) is 5.32 Å². The Hall–Kier alpha value is -1.42.